The molecule has 4 atom stereocenters. The summed E-state index contributed by atoms with van der Waals surface area (Å²) in [6, 6.07) is 19.6. The molecule has 27 heavy (non-hydrogen) atoms. The Morgan fingerprint density at radius 3 is 1.74 bits per heavy atom. The Morgan fingerprint density at radius 2 is 1.30 bits per heavy atom. The maximum absolute atomic E-state index is 13.0. The molecule has 0 bridgehead atoms. The monoisotopic (exact) mass is 366 g/mol. The summed E-state index contributed by atoms with van der Waals surface area (Å²) in [7, 11) is 0. The van der Waals surface area contributed by atoms with Gasteiger partial charge in [0.15, 0.2) is 0 Å². The molecule has 2 amide bonds. The van der Waals surface area contributed by atoms with Crippen LogP contribution in [0.4, 0.5) is 4.79 Å². The van der Waals surface area contributed by atoms with E-state index in [4.69, 9.17) is 0 Å². The molecule has 142 valence electrons. The van der Waals surface area contributed by atoms with E-state index >= 15 is 0 Å². The number of urea groups is 1. The van der Waals surface area contributed by atoms with Crippen LogP contribution >= 0.6 is 0 Å². The molecule has 5 nitrogen and oxygen atoms in total. The van der Waals surface area contributed by atoms with Gasteiger partial charge in [-0.25, -0.2) is 4.79 Å². The second-order valence-electron chi connectivity index (χ2n) is 7.74. The Bertz CT molecular complexity index is 710. The van der Waals surface area contributed by atoms with Crippen molar-refractivity contribution in [3.8, 4) is 0 Å². The molecule has 1 saturated heterocycles. The number of amides is 2. The van der Waals surface area contributed by atoms with Crippen LogP contribution in [0.1, 0.15) is 30.0 Å². The van der Waals surface area contributed by atoms with Crippen LogP contribution in [0.5, 0.6) is 0 Å². The average Bonchev–Trinajstić information content (AvgIpc) is 3.10. The molecule has 1 heterocycles. The van der Waals surface area contributed by atoms with Crippen LogP contribution in [-0.4, -0.2) is 46.4 Å². The standard InChI is InChI=1S/C22H26N2O3/c25-19-11-17-13-24(14-18(17)12-20(19)26)22(27)23-21(15-7-3-1-4-8-15)16-9-5-2-6-10-16/h1-10,17-21,25-26H,11-14H2,(H,23,27)/t17-,18+,19-,20-/m0/s1. The Morgan fingerprint density at radius 1 is 0.852 bits per heavy atom. The first-order valence-electron chi connectivity index (χ1n) is 9.63. The van der Waals surface area contributed by atoms with Gasteiger partial charge in [0.25, 0.3) is 0 Å². The van der Waals surface area contributed by atoms with Gasteiger partial charge in [-0.3, -0.25) is 0 Å². The predicted molar refractivity (Wildman–Crippen MR) is 103 cm³/mol. The van der Waals surface area contributed by atoms with Crippen LogP contribution < -0.4 is 5.32 Å². The number of carbonyl (C=O) groups is 1. The SMILES string of the molecule is O=C(NC(c1ccccc1)c1ccccc1)N1C[C@H]2C[C@H](O)[C@@H](O)C[C@H]2C1. The van der Waals surface area contributed by atoms with Crippen molar-refractivity contribution >= 4 is 6.03 Å². The summed E-state index contributed by atoms with van der Waals surface area (Å²) in [5, 5.41) is 23.0. The van der Waals surface area contributed by atoms with Gasteiger partial charge in [0.1, 0.15) is 0 Å². The molecule has 1 aliphatic heterocycles. The fourth-order valence-electron chi connectivity index (χ4n) is 4.44. The van der Waals surface area contributed by atoms with Crippen molar-refractivity contribution in [2.24, 2.45) is 11.8 Å². The number of aliphatic hydroxyl groups is 2. The molecule has 2 aliphatic rings. The normalized spacial score (nSPS) is 27.4. The van der Waals surface area contributed by atoms with Crippen molar-refractivity contribution in [1.29, 1.82) is 0 Å². The van der Waals surface area contributed by atoms with Crippen molar-refractivity contribution in [3.05, 3.63) is 71.8 Å². The maximum Gasteiger partial charge on any atom is 0.318 e. The highest BCUT2D eigenvalue weighted by atomic mass is 16.3. The van der Waals surface area contributed by atoms with E-state index in [1.54, 1.807) is 0 Å². The zero-order valence-corrected chi connectivity index (χ0v) is 15.2. The fraction of sp³-hybridized carbons (Fsp3) is 0.409. The lowest BCUT2D eigenvalue weighted by atomic mass is 9.79. The number of benzene rings is 2. The maximum atomic E-state index is 13.0. The predicted octanol–water partition coefficient (Wildman–Crippen LogP) is 2.55. The summed E-state index contributed by atoms with van der Waals surface area (Å²) in [6.45, 7) is 1.27. The minimum atomic E-state index is -0.671. The summed E-state index contributed by atoms with van der Waals surface area (Å²) in [6.07, 6.45) is -0.210. The third-order valence-electron chi connectivity index (χ3n) is 5.93. The summed E-state index contributed by atoms with van der Waals surface area (Å²) < 4.78 is 0. The Kier molecular flexibility index (Phi) is 5.14. The van der Waals surface area contributed by atoms with Crippen molar-refractivity contribution in [2.45, 2.75) is 31.1 Å². The molecule has 2 aromatic carbocycles. The number of likely N-dealkylation sites (tertiary alicyclic amines) is 1. The van der Waals surface area contributed by atoms with Crippen molar-refractivity contribution in [1.82, 2.24) is 10.2 Å². The number of hydrogen-bond acceptors (Lipinski definition) is 3. The second kappa shape index (κ2) is 7.71. The third kappa shape index (κ3) is 3.84. The number of nitrogens with zero attached hydrogens (tertiary/aromatic N) is 1. The fourth-order valence-corrected chi connectivity index (χ4v) is 4.44. The molecule has 2 fully saturated rings. The van der Waals surface area contributed by atoms with E-state index in [9.17, 15) is 15.0 Å². The quantitative estimate of drug-likeness (QED) is 0.782. The van der Waals surface area contributed by atoms with E-state index < -0.39 is 12.2 Å². The molecular formula is C22H26N2O3. The highest BCUT2D eigenvalue weighted by Crippen LogP contribution is 2.36. The Labute approximate surface area is 159 Å². The van der Waals surface area contributed by atoms with E-state index in [1.165, 1.54) is 0 Å². The lowest BCUT2D eigenvalue weighted by molar-refractivity contribution is -0.0372. The van der Waals surface area contributed by atoms with E-state index in [0.717, 1.165) is 11.1 Å². The molecule has 0 unspecified atom stereocenters. The number of nitrogens with one attached hydrogen (secondary N) is 1. The number of fused-ring (bicyclic) bond motifs is 1. The van der Waals surface area contributed by atoms with Gasteiger partial charge in [0.05, 0.1) is 18.2 Å². The van der Waals surface area contributed by atoms with Crippen LogP contribution in [0.25, 0.3) is 0 Å². The molecule has 5 heteroatoms. The zero-order chi connectivity index (χ0) is 18.8. The summed E-state index contributed by atoms with van der Waals surface area (Å²) >= 11 is 0. The van der Waals surface area contributed by atoms with Crippen LogP contribution in [0, 0.1) is 11.8 Å². The van der Waals surface area contributed by atoms with Crippen LogP contribution in [-0.2, 0) is 0 Å². The highest BCUT2D eigenvalue weighted by molar-refractivity contribution is 5.75. The second-order valence-corrected chi connectivity index (χ2v) is 7.74. The van der Waals surface area contributed by atoms with Crippen LogP contribution in [0.3, 0.4) is 0 Å². The summed E-state index contributed by atoms with van der Waals surface area (Å²) in [4.78, 5) is 14.8. The highest BCUT2D eigenvalue weighted by Gasteiger charge is 2.42. The van der Waals surface area contributed by atoms with Gasteiger partial charge in [-0.15, -0.1) is 0 Å². The smallest absolute Gasteiger partial charge is 0.318 e. The first-order chi connectivity index (χ1) is 13.1. The number of hydrogen-bond donors (Lipinski definition) is 3. The van der Waals surface area contributed by atoms with E-state index in [2.05, 4.69) is 5.32 Å². The third-order valence-corrected chi connectivity index (χ3v) is 5.93. The summed E-state index contributed by atoms with van der Waals surface area (Å²) in [5.41, 5.74) is 2.08. The van der Waals surface area contributed by atoms with E-state index in [-0.39, 0.29) is 23.9 Å². The van der Waals surface area contributed by atoms with Crippen LogP contribution in [0.2, 0.25) is 0 Å². The first kappa shape index (κ1) is 18.0. The van der Waals surface area contributed by atoms with Gasteiger partial charge in [-0.1, -0.05) is 60.7 Å². The van der Waals surface area contributed by atoms with Crippen molar-refractivity contribution in [3.63, 3.8) is 0 Å². The minimum Gasteiger partial charge on any atom is -0.390 e. The number of rotatable bonds is 3. The molecule has 2 aromatic rings. The average molecular weight is 366 g/mol. The largest absolute Gasteiger partial charge is 0.390 e. The van der Waals surface area contributed by atoms with Gasteiger partial charge in [-0.2, -0.15) is 0 Å². The molecule has 3 N–H and O–H groups in total. The molecule has 0 spiro atoms. The number of aliphatic hydroxyl groups excluding tert-OH is 2. The molecule has 1 aliphatic carbocycles. The van der Waals surface area contributed by atoms with Crippen LogP contribution in [0.15, 0.2) is 60.7 Å². The van der Waals surface area contributed by atoms with E-state index in [0.29, 0.717) is 25.9 Å². The Balaban J connectivity index is 1.50. The zero-order valence-electron chi connectivity index (χ0n) is 15.2. The van der Waals surface area contributed by atoms with Gasteiger partial charge in [0.2, 0.25) is 0 Å². The van der Waals surface area contributed by atoms with Gasteiger partial charge in [0, 0.05) is 13.1 Å². The lowest BCUT2D eigenvalue weighted by Crippen LogP contribution is -2.41. The van der Waals surface area contributed by atoms with Crippen molar-refractivity contribution in [2.75, 3.05) is 13.1 Å². The number of carbonyl (C=O) groups excluding carboxylic acids is 1. The molecule has 0 radical (unpaired) electrons. The van der Waals surface area contributed by atoms with E-state index in [1.807, 2.05) is 65.6 Å². The molecule has 1 saturated carbocycles. The Hall–Kier alpha value is -2.37. The summed E-state index contributed by atoms with van der Waals surface area (Å²) in [5.74, 6) is 0.530. The molecule has 0 aromatic heterocycles. The van der Waals surface area contributed by atoms with Gasteiger partial charge in [-0.05, 0) is 35.8 Å². The van der Waals surface area contributed by atoms with Gasteiger partial charge < -0.3 is 20.4 Å². The van der Waals surface area contributed by atoms with Gasteiger partial charge >= 0.3 is 6.03 Å². The molecular weight excluding hydrogens is 340 g/mol. The molecule has 4 rings (SSSR count). The lowest BCUT2D eigenvalue weighted by Gasteiger charge is -2.31. The topological polar surface area (TPSA) is 72.8 Å². The first-order valence-corrected chi connectivity index (χ1v) is 9.63. The van der Waals surface area contributed by atoms with Crippen molar-refractivity contribution < 1.29 is 15.0 Å². The minimum absolute atomic E-state index is 0.0916.